The van der Waals surface area contributed by atoms with Crippen molar-refractivity contribution >= 4 is 5.96 Å². The van der Waals surface area contributed by atoms with E-state index in [1.54, 1.807) is 0 Å². The predicted molar refractivity (Wildman–Crippen MR) is 63.8 cm³/mol. The van der Waals surface area contributed by atoms with E-state index >= 15 is 0 Å². The van der Waals surface area contributed by atoms with E-state index in [2.05, 4.69) is 17.2 Å². The first-order valence-corrected chi connectivity index (χ1v) is 6.30. The Morgan fingerprint density at radius 3 is 2.47 bits per heavy atom. The topological polar surface area (TPSA) is 50.4 Å². The standard InChI is InChI=1S/C12H23N3/c1-9-2-4-10(5-3-9)8-14-12(13)15-11-6-7-11/h9-11H,2-8H2,1H3,(H3,13,14,15). The summed E-state index contributed by atoms with van der Waals surface area (Å²) in [4.78, 5) is 4.44. The van der Waals surface area contributed by atoms with Crippen molar-refractivity contribution in [2.45, 2.75) is 51.5 Å². The van der Waals surface area contributed by atoms with Crippen LogP contribution in [-0.4, -0.2) is 18.5 Å². The van der Waals surface area contributed by atoms with Gasteiger partial charge < -0.3 is 11.1 Å². The summed E-state index contributed by atoms with van der Waals surface area (Å²) in [5.41, 5.74) is 5.80. The van der Waals surface area contributed by atoms with Crippen molar-refractivity contribution in [2.24, 2.45) is 22.6 Å². The molecular weight excluding hydrogens is 186 g/mol. The van der Waals surface area contributed by atoms with Crippen molar-refractivity contribution < 1.29 is 0 Å². The molecule has 0 aromatic heterocycles. The molecule has 0 amide bonds. The molecule has 0 unspecified atom stereocenters. The largest absolute Gasteiger partial charge is 0.370 e. The minimum atomic E-state index is 0.625. The zero-order valence-corrected chi connectivity index (χ0v) is 9.71. The second-order valence-electron chi connectivity index (χ2n) is 5.27. The van der Waals surface area contributed by atoms with E-state index in [0.29, 0.717) is 12.0 Å². The van der Waals surface area contributed by atoms with Crippen LogP contribution in [0.25, 0.3) is 0 Å². The normalized spacial score (nSPS) is 32.7. The van der Waals surface area contributed by atoms with Crippen molar-refractivity contribution in [2.75, 3.05) is 6.54 Å². The number of nitrogens with one attached hydrogen (secondary N) is 1. The highest BCUT2D eigenvalue weighted by Gasteiger charge is 2.22. The molecular formula is C12H23N3. The van der Waals surface area contributed by atoms with Gasteiger partial charge in [-0.25, -0.2) is 0 Å². The van der Waals surface area contributed by atoms with E-state index in [0.717, 1.165) is 18.4 Å². The predicted octanol–water partition coefficient (Wildman–Crippen LogP) is 1.88. The zero-order chi connectivity index (χ0) is 10.7. The van der Waals surface area contributed by atoms with E-state index in [1.165, 1.54) is 38.5 Å². The van der Waals surface area contributed by atoms with Crippen LogP contribution in [0.4, 0.5) is 0 Å². The lowest BCUT2D eigenvalue weighted by molar-refractivity contribution is 0.296. The SMILES string of the molecule is CC1CCC(CN=C(N)NC2CC2)CC1. The summed E-state index contributed by atoms with van der Waals surface area (Å²) < 4.78 is 0. The van der Waals surface area contributed by atoms with Crippen LogP contribution in [0.15, 0.2) is 4.99 Å². The first-order chi connectivity index (χ1) is 7.24. The van der Waals surface area contributed by atoms with E-state index < -0.39 is 0 Å². The summed E-state index contributed by atoms with van der Waals surface area (Å²) in [5.74, 6) is 2.36. The Morgan fingerprint density at radius 1 is 1.20 bits per heavy atom. The van der Waals surface area contributed by atoms with E-state index in [1.807, 2.05) is 0 Å². The van der Waals surface area contributed by atoms with Gasteiger partial charge in [-0.15, -0.1) is 0 Å². The maximum absolute atomic E-state index is 5.80. The Labute approximate surface area is 92.5 Å². The second kappa shape index (κ2) is 4.86. The lowest BCUT2D eigenvalue weighted by Crippen LogP contribution is -2.34. The number of guanidine groups is 1. The highest BCUT2D eigenvalue weighted by Crippen LogP contribution is 2.28. The molecule has 0 aliphatic heterocycles. The van der Waals surface area contributed by atoms with Gasteiger partial charge in [0.15, 0.2) is 5.96 Å². The Kier molecular flexibility index (Phi) is 3.49. The molecule has 3 N–H and O–H groups in total. The quantitative estimate of drug-likeness (QED) is 0.551. The van der Waals surface area contributed by atoms with Crippen molar-refractivity contribution in [3.63, 3.8) is 0 Å². The molecule has 0 bridgehead atoms. The summed E-state index contributed by atoms with van der Waals surface area (Å²) in [7, 11) is 0. The van der Waals surface area contributed by atoms with Crippen LogP contribution in [-0.2, 0) is 0 Å². The average Bonchev–Trinajstić information content (AvgIpc) is 3.01. The molecule has 15 heavy (non-hydrogen) atoms. The molecule has 3 heteroatoms. The van der Waals surface area contributed by atoms with E-state index in [-0.39, 0.29) is 0 Å². The third-order valence-corrected chi connectivity index (χ3v) is 3.58. The average molecular weight is 209 g/mol. The molecule has 2 rings (SSSR count). The molecule has 0 heterocycles. The van der Waals surface area contributed by atoms with Gasteiger partial charge in [0, 0.05) is 12.6 Å². The van der Waals surface area contributed by atoms with Crippen molar-refractivity contribution in [3.05, 3.63) is 0 Å². The fourth-order valence-electron chi connectivity index (χ4n) is 2.22. The highest BCUT2D eigenvalue weighted by atomic mass is 15.1. The molecule has 2 aliphatic rings. The summed E-state index contributed by atoms with van der Waals surface area (Å²) in [5, 5.41) is 3.23. The molecule has 0 atom stereocenters. The summed E-state index contributed by atoms with van der Waals surface area (Å²) in [6, 6.07) is 0.625. The van der Waals surface area contributed by atoms with Crippen LogP contribution in [0.2, 0.25) is 0 Å². The van der Waals surface area contributed by atoms with Crippen LogP contribution >= 0.6 is 0 Å². The summed E-state index contributed by atoms with van der Waals surface area (Å²) in [6.07, 6.45) is 7.93. The molecule has 0 saturated heterocycles. The van der Waals surface area contributed by atoms with Gasteiger partial charge in [-0.05, 0) is 37.5 Å². The molecule has 2 aliphatic carbocycles. The van der Waals surface area contributed by atoms with Crippen LogP contribution in [0.3, 0.4) is 0 Å². The van der Waals surface area contributed by atoms with Crippen LogP contribution < -0.4 is 11.1 Å². The van der Waals surface area contributed by atoms with Crippen molar-refractivity contribution in [1.29, 1.82) is 0 Å². The van der Waals surface area contributed by atoms with Gasteiger partial charge in [-0.3, -0.25) is 4.99 Å². The van der Waals surface area contributed by atoms with Crippen molar-refractivity contribution in [3.8, 4) is 0 Å². The zero-order valence-electron chi connectivity index (χ0n) is 9.71. The summed E-state index contributed by atoms with van der Waals surface area (Å²) >= 11 is 0. The highest BCUT2D eigenvalue weighted by molar-refractivity contribution is 5.78. The summed E-state index contributed by atoms with van der Waals surface area (Å²) in [6.45, 7) is 3.28. The molecule has 0 aromatic rings. The first-order valence-electron chi connectivity index (χ1n) is 6.30. The molecule has 0 aromatic carbocycles. The molecule has 0 radical (unpaired) electrons. The monoisotopic (exact) mass is 209 g/mol. The van der Waals surface area contributed by atoms with Gasteiger partial charge in [0.05, 0.1) is 0 Å². The van der Waals surface area contributed by atoms with Crippen molar-refractivity contribution in [1.82, 2.24) is 5.32 Å². The molecule has 2 fully saturated rings. The number of nitrogens with two attached hydrogens (primary N) is 1. The minimum absolute atomic E-state index is 0.625. The van der Waals surface area contributed by atoms with E-state index in [9.17, 15) is 0 Å². The lowest BCUT2D eigenvalue weighted by atomic mass is 9.83. The number of rotatable bonds is 3. The third kappa shape index (κ3) is 3.73. The van der Waals surface area contributed by atoms with E-state index in [4.69, 9.17) is 5.73 Å². The molecule has 0 spiro atoms. The smallest absolute Gasteiger partial charge is 0.188 e. The molecule has 2 saturated carbocycles. The Hall–Kier alpha value is -0.730. The Bertz CT molecular complexity index is 225. The van der Waals surface area contributed by atoms with Gasteiger partial charge in [-0.2, -0.15) is 0 Å². The lowest BCUT2D eigenvalue weighted by Gasteiger charge is -2.24. The van der Waals surface area contributed by atoms with Gasteiger partial charge >= 0.3 is 0 Å². The fraction of sp³-hybridized carbons (Fsp3) is 0.917. The Balaban J connectivity index is 1.67. The fourth-order valence-corrected chi connectivity index (χ4v) is 2.22. The van der Waals surface area contributed by atoms with Gasteiger partial charge in [0.1, 0.15) is 0 Å². The van der Waals surface area contributed by atoms with Gasteiger partial charge in [0.2, 0.25) is 0 Å². The number of hydrogen-bond donors (Lipinski definition) is 2. The third-order valence-electron chi connectivity index (χ3n) is 3.58. The van der Waals surface area contributed by atoms with Crippen LogP contribution in [0.5, 0.6) is 0 Å². The van der Waals surface area contributed by atoms with Crippen LogP contribution in [0, 0.1) is 11.8 Å². The van der Waals surface area contributed by atoms with Crippen LogP contribution in [0.1, 0.15) is 45.4 Å². The number of aliphatic imine (C=N–C) groups is 1. The van der Waals surface area contributed by atoms with Gasteiger partial charge in [-0.1, -0.05) is 19.8 Å². The molecule has 3 nitrogen and oxygen atoms in total. The Morgan fingerprint density at radius 2 is 1.87 bits per heavy atom. The minimum Gasteiger partial charge on any atom is -0.370 e. The first kappa shape index (κ1) is 10.8. The number of hydrogen-bond acceptors (Lipinski definition) is 1. The maximum atomic E-state index is 5.80. The van der Waals surface area contributed by atoms with Gasteiger partial charge in [0.25, 0.3) is 0 Å². The second-order valence-corrected chi connectivity index (χ2v) is 5.27. The maximum Gasteiger partial charge on any atom is 0.188 e. The number of nitrogens with zero attached hydrogens (tertiary/aromatic N) is 1. The molecule has 86 valence electrons.